The molecule has 3 rings (SSSR count). The summed E-state index contributed by atoms with van der Waals surface area (Å²) in [7, 11) is 1.77. The van der Waals surface area contributed by atoms with Gasteiger partial charge in [-0.25, -0.2) is 9.18 Å². The Morgan fingerprint density at radius 1 is 1.08 bits per heavy atom. The zero-order valence-electron chi connectivity index (χ0n) is 14.7. The Labute approximate surface area is 152 Å². The van der Waals surface area contributed by atoms with Crippen molar-refractivity contribution in [2.24, 2.45) is 5.18 Å². The largest absolute Gasteiger partial charge is 0.325 e. The minimum absolute atomic E-state index is 0.113. The van der Waals surface area contributed by atoms with Gasteiger partial charge in [0.2, 0.25) is 0 Å². The van der Waals surface area contributed by atoms with E-state index >= 15 is 0 Å². The zero-order chi connectivity index (χ0) is 18.5. The standard InChI is InChI=1S/C20H22FN3O2/c1-24(19-11-9-18(23-26)10-12-19)20(25)22-17-7-5-14(6-8-17)15-3-2-4-16(21)13-15/h2-8,13,18-19H,9-12H2,1H3,(H,22,25). The molecule has 136 valence electrons. The summed E-state index contributed by atoms with van der Waals surface area (Å²) in [6.45, 7) is 0. The summed E-state index contributed by atoms with van der Waals surface area (Å²) in [5.74, 6) is -0.277. The number of rotatable bonds is 4. The molecule has 2 aromatic rings. The van der Waals surface area contributed by atoms with Gasteiger partial charge in [-0.1, -0.05) is 29.4 Å². The summed E-state index contributed by atoms with van der Waals surface area (Å²) in [5, 5.41) is 5.98. The molecule has 1 fully saturated rings. The zero-order valence-corrected chi connectivity index (χ0v) is 14.7. The Balaban J connectivity index is 1.60. The highest BCUT2D eigenvalue weighted by Crippen LogP contribution is 2.25. The molecule has 5 nitrogen and oxygen atoms in total. The van der Waals surface area contributed by atoms with Crippen LogP contribution in [0, 0.1) is 10.7 Å². The highest BCUT2D eigenvalue weighted by Gasteiger charge is 2.27. The van der Waals surface area contributed by atoms with Gasteiger partial charge < -0.3 is 10.2 Å². The monoisotopic (exact) mass is 355 g/mol. The van der Waals surface area contributed by atoms with E-state index in [1.54, 1.807) is 30.1 Å². The Morgan fingerprint density at radius 3 is 2.38 bits per heavy atom. The van der Waals surface area contributed by atoms with Crippen LogP contribution in [0.3, 0.4) is 0 Å². The maximum absolute atomic E-state index is 13.3. The van der Waals surface area contributed by atoms with Gasteiger partial charge in [-0.05, 0) is 61.1 Å². The van der Waals surface area contributed by atoms with E-state index in [1.807, 2.05) is 18.2 Å². The molecule has 0 atom stereocenters. The number of carbonyl (C=O) groups is 1. The van der Waals surface area contributed by atoms with Crippen LogP contribution in [0.1, 0.15) is 25.7 Å². The van der Waals surface area contributed by atoms with Crippen LogP contribution in [-0.4, -0.2) is 30.1 Å². The van der Waals surface area contributed by atoms with E-state index in [1.165, 1.54) is 12.1 Å². The van der Waals surface area contributed by atoms with E-state index in [0.717, 1.165) is 36.8 Å². The van der Waals surface area contributed by atoms with Crippen molar-refractivity contribution in [2.75, 3.05) is 12.4 Å². The first-order valence-corrected chi connectivity index (χ1v) is 8.79. The predicted octanol–water partition coefficient (Wildman–Crippen LogP) is 5.03. The van der Waals surface area contributed by atoms with Crippen LogP contribution in [0.2, 0.25) is 0 Å². The molecule has 2 amide bonds. The third-order valence-electron chi connectivity index (χ3n) is 4.98. The highest BCUT2D eigenvalue weighted by atomic mass is 19.1. The number of hydrogen-bond acceptors (Lipinski definition) is 3. The molecule has 0 unspecified atom stereocenters. The van der Waals surface area contributed by atoms with Crippen molar-refractivity contribution < 1.29 is 9.18 Å². The van der Waals surface area contributed by atoms with Crippen molar-refractivity contribution in [3.05, 3.63) is 59.3 Å². The molecular weight excluding hydrogens is 333 g/mol. The van der Waals surface area contributed by atoms with Gasteiger partial charge in [-0.2, -0.15) is 4.91 Å². The molecular formula is C20H22FN3O2. The SMILES string of the molecule is CN(C(=O)Nc1ccc(-c2cccc(F)c2)cc1)C1CCC(N=O)CC1. The number of urea groups is 1. The third kappa shape index (κ3) is 4.25. The fourth-order valence-electron chi connectivity index (χ4n) is 3.34. The fraction of sp³-hybridized carbons (Fsp3) is 0.350. The van der Waals surface area contributed by atoms with Crippen molar-refractivity contribution in [1.82, 2.24) is 4.90 Å². The molecule has 0 saturated heterocycles. The molecule has 0 bridgehead atoms. The van der Waals surface area contributed by atoms with Gasteiger partial charge in [0.1, 0.15) is 5.82 Å². The van der Waals surface area contributed by atoms with Crippen molar-refractivity contribution in [1.29, 1.82) is 0 Å². The average molecular weight is 355 g/mol. The van der Waals surface area contributed by atoms with Crippen molar-refractivity contribution in [2.45, 2.75) is 37.8 Å². The average Bonchev–Trinajstić information content (AvgIpc) is 2.68. The van der Waals surface area contributed by atoms with Crippen LogP contribution < -0.4 is 5.32 Å². The molecule has 2 aromatic carbocycles. The Bertz CT molecular complexity index is 771. The predicted molar refractivity (Wildman–Crippen MR) is 100 cm³/mol. The summed E-state index contributed by atoms with van der Waals surface area (Å²) in [5.41, 5.74) is 2.36. The highest BCUT2D eigenvalue weighted by molar-refractivity contribution is 5.89. The topological polar surface area (TPSA) is 61.8 Å². The van der Waals surface area contributed by atoms with Crippen LogP contribution in [0.5, 0.6) is 0 Å². The Kier molecular flexibility index (Phi) is 5.61. The van der Waals surface area contributed by atoms with Crippen LogP contribution in [0.4, 0.5) is 14.9 Å². The number of anilines is 1. The first-order chi connectivity index (χ1) is 12.6. The van der Waals surface area contributed by atoms with Gasteiger partial charge in [0.25, 0.3) is 0 Å². The second-order valence-electron chi connectivity index (χ2n) is 6.70. The molecule has 1 N–H and O–H groups in total. The summed E-state index contributed by atoms with van der Waals surface area (Å²) in [6.07, 6.45) is 3.04. The number of hydrogen-bond donors (Lipinski definition) is 1. The number of nitroso groups, excluding NO2 is 1. The second kappa shape index (κ2) is 8.08. The number of benzene rings is 2. The smallest absolute Gasteiger partial charge is 0.321 e. The number of carbonyl (C=O) groups excluding carboxylic acids is 1. The van der Waals surface area contributed by atoms with E-state index in [-0.39, 0.29) is 23.9 Å². The molecule has 0 spiro atoms. The van der Waals surface area contributed by atoms with Gasteiger partial charge >= 0.3 is 6.03 Å². The van der Waals surface area contributed by atoms with Gasteiger partial charge in [0.15, 0.2) is 0 Å². The number of halogens is 1. The molecule has 0 aromatic heterocycles. The van der Waals surface area contributed by atoms with Crippen LogP contribution in [-0.2, 0) is 0 Å². The first-order valence-electron chi connectivity index (χ1n) is 8.79. The minimum Gasteiger partial charge on any atom is -0.325 e. The van der Waals surface area contributed by atoms with E-state index in [9.17, 15) is 14.1 Å². The van der Waals surface area contributed by atoms with Crippen molar-refractivity contribution >= 4 is 11.7 Å². The number of nitrogens with zero attached hydrogens (tertiary/aromatic N) is 2. The van der Waals surface area contributed by atoms with Crippen LogP contribution in [0.25, 0.3) is 11.1 Å². The van der Waals surface area contributed by atoms with Crippen LogP contribution >= 0.6 is 0 Å². The lowest BCUT2D eigenvalue weighted by Gasteiger charge is -2.32. The maximum Gasteiger partial charge on any atom is 0.321 e. The van der Waals surface area contributed by atoms with E-state index in [4.69, 9.17) is 0 Å². The summed E-state index contributed by atoms with van der Waals surface area (Å²) < 4.78 is 13.3. The molecule has 1 aliphatic rings. The minimum atomic E-state index is -0.277. The maximum atomic E-state index is 13.3. The van der Waals surface area contributed by atoms with Crippen molar-refractivity contribution in [3.8, 4) is 11.1 Å². The summed E-state index contributed by atoms with van der Waals surface area (Å²) in [4.78, 5) is 24.7. The lowest BCUT2D eigenvalue weighted by molar-refractivity contribution is 0.182. The van der Waals surface area contributed by atoms with E-state index in [2.05, 4.69) is 10.5 Å². The van der Waals surface area contributed by atoms with Crippen LogP contribution in [0.15, 0.2) is 53.7 Å². The lowest BCUT2D eigenvalue weighted by atomic mass is 9.91. The van der Waals surface area contributed by atoms with Gasteiger partial charge in [0, 0.05) is 18.8 Å². The summed E-state index contributed by atoms with van der Waals surface area (Å²) in [6, 6.07) is 13.6. The quantitative estimate of drug-likeness (QED) is 0.782. The number of amides is 2. The molecule has 0 aliphatic heterocycles. The molecule has 1 aliphatic carbocycles. The molecule has 26 heavy (non-hydrogen) atoms. The molecule has 0 radical (unpaired) electrons. The van der Waals surface area contributed by atoms with E-state index in [0.29, 0.717) is 5.69 Å². The van der Waals surface area contributed by atoms with E-state index < -0.39 is 0 Å². The van der Waals surface area contributed by atoms with Gasteiger partial charge in [-0.15, -0.1) is 0 Å². The van der Waals surface area contributed by atoms with Gasteiger partial charge in [-0.3, -0.25) is 0 Å². The second-order valence-corrected chi connectivity index (χ2v) is 6.70. The molecule has 1 saturated carbocycles. The number of nitrogens with one attached hydrogen (secondary N) is 1. The van der Waals surface area contributed by atoms with Gasteiger partial charge in [0.05, 0.1) is 6.04 Å². The Hall–Kier alpha value is -2.76. The molecule has 6 heteroatoms. The fourth-order valence-corrected chi connectivity index (χ4v) is 3.34. The lowest BCUT2D eigenvalue weighted by Crippen LogP contribution is -2.42. The Morgan fingerprint density at radius 2 is 1.77 bits per heavy atom. The first kappa shape index (κ1) is 18.0. The normalized spacial score (nSPS) is 19.6. The van der Waals surface area contributed by atoms with Crippen molar-refractivity contribution in [3.63, 3.8) is 0 Å². The third-order valence-corrected chi connectivity index (χ3v) is 4.98. The molecule has 0 heterocycles. The summed E-state index contributed by atoms with van der Waals surface area (Å²) >= 11 is 0.